The Morgan fingerprint density at radius 2 is 1.50 bits per heavy atom. The Labute approximate surface area is 151 Å². The molecule has 0 saturated heterocycles. The molecule has 0 aliphatic carbocycles. The summed E-state index contributed by atoms with van der Waals surface area (Å²) in [6.07, 6.45) is 2.48. The van der Waals surface area contributed by atoms with Crippen molar-refractivity contribution in [3.8, 4) is 0 Å². The molecule has 0 aliphatic rings. The van der Waals surface area contributed by atoms with Crippen LogP contribution in [0.15, 0.2) is 30.3 Å². The van der Waals surface area contributed by atoms with E-state index in [1.807, 2.05) is 19.9 Å². The first-order chi connectivity index (χ1) is 10.0. The molecule has 0 aliphatic heterocycles. The fourth-order valence-electron chi connectivity index (χ4n) is 1.45. The summed E-state index contributed by atoms with van der Waals surface area (Å²) in [7, 11) is 0. The second-order valence-electron chi connectivity index (χ2n) is 4.40. The Balaban J connectivity index is -0.000000237. The van der Waals surface area contributed by atoms with Crippen LogP contribution in [0.1, 0.15) is 44.1 Å². The summed E-state index contributed by atoms with van der Waals surface area (Å²) in [4.78, 5) is 3.08. The molecule has 0 fully saturated rings. The number of aryl methyl sites for hydroxylation is 3. The molecule has 1 aromatic carbocycles. The van der Waals surface area contributed by atoms with E-state index in [1.54, 1.807) is 13.8 Å². The topological polar surface area (TPSA) is 56.2 Å². The number of aliphatic hydroxyl groups is 2. The number of rotatable bonds is 2. The molecule has 2 aromatic rings. The number of H-pyrrole nitrogens is 1. The largest absolute Gasteiger partial charge is 2.00 e. The number of aromatic nitrogens is 1. The Kier molecular flexibility index (Phi) is 24.1. The molecule has 1 heterocycles. The smallest absolute Gasteiger partial charge is 0.456 e. The summed E-state index contributed by atoms with van der Waals surface area (Å²) in [5.41, 5.74) is 3.75. The van der Waals surface area contributed by atoms with Gasteiger partial charge in [0, 0.05) is 13.2 Å². The number of hydrogen-bond acceptors (Lipinski definition) is 2. The molecule has 3 N–H and O–H groups in total. The standard InChI is InChI=1S/C8H11.C6H8N.2C2H6O.Ti/c1-2-5-8-6-3-4-7-8;1-5-3-4-6(2)7-5;2*1-2-3;/h3-4,6-7H,2,5H2,1H3;3,7H,1-2H3;2*3H,2H2,1H3;/q2*-1;;;+2. The predicted octanol–water partition coefficient (Wildman–Crippen LogP) is 3.78. The summed E-state index contributed by atoms with van der Waals surface area (Å²) in [5.74, 6) is 0. The van der Waals surface area contributed by atoms with Crippen LogP contribution in [0.2, 0.25) is 0 Å². The maximum atomic E-state index is 7.57. The van der Waals surface area contributed by atoms with Gasteiger partial charge in [-0.25, -0.2) is 24.3 Å². The minimum atomic E-state index is 0. The van der Waals surface area contributed by atoms with Crippen molar-refractivity contribution >= 4 is 0 Å². The molecule has 0 saturated carbocycles. The van der Waals surface area contributed by atoms with Gasteiger partial charge in [-0.05, 0) is 20.8 Å². The zero-order valence-electron chi connectivity index (χ0n) is 14.6. The molecule has 2 rings (SSSR count). The minimum Gasteiger partial charge on any atom is -0.456 e. The van der Waals surface area contributed by atoms with Crippen LogP contribution in [-0.4, -0.2) is 28.4 Å². The van der Waals surface area contributed by atoms with E-state index in [9.17, 15) is 0 Å². The van der Waals surface area contributed by atoms with Crippen LogP contribution in [0.5, 0.6) is 0 Å². The SMILES string of the molecule is CCC[c-]1cccc1.CCO.CCO.Cc1[c-]cc(C)[nH]1.[Ti+2]. The minimum absolute atomic E-state index is 0. The third kappa shape index (κ3) is 19.3. The van der Waals surface area contributed by atoms with Crippen LogP contribution >= 0.6 is 0 Å². The number of aromatic amines is 1. The molecular weight excluding hydrogens is 310 g/mol. The van der Waals surface area contributed by atoms with Crippen molar-refractivity contribution in [3.05, 3.63) is 53.3 Å². The second kappa shape index (κ2) is 20.3. The summed E-state index contributed by atoms with van der Waals surface area (Å²) < 4.78 is 0. The first-order valence-electron chi connectivity index (χ1n) is 7.51. The maximum absolute atomic E-state index is 7.57. The van der Waals surface area contributed by atoms with Gasteiger partial charge in [0.05, 0.1) is 0 Å². The predicted molar refractivity (Wildman–Crippen MR) is 90.7 cm³/mol. The molecule has 0 spiro atoms. The van der Waals surface area contributed by atoms with E-state index in [2.05, 4.69) is 42.2 Å². The molecule has 0 unspecified atom stereocenters. The van der Waals surface area contributed by atoms with Crippen molar-refractivity contribution in [2.75, 3.05) is 13.2 Å². The van der Waals surface area contributed by atoms with Gasteiger partial charge in [0.1, 0.15) is 0 Å². The first-order valence-corrected chi connectivity index (χ1v) is 7.51. The number of aliphatic hydroxyl groups excluding tert-OH is 2. The summed E-state index contributed by atoms with van der Waals surface area (Å²) in [6.45, 7) is 10.1. The van der Waals surface area contributed by atoms with E-state index in [0.717, 1.165) is 5.69 Å². The first kappa shape index (κ1) is 26.2. The molecular formula is C18H31NO2Ti. The van der Waals surface area contributed by atoms with Gasteiger partial charge in [0.15, 0.2) is 0 Å². The third-order valence-electron chi connectivity index (χ3n) is 2.16. The van der Waals surface area contributed by atoms with Crippen molar-refractivity contribution in [1.29, 1.82) is 0 Å². The van der Waals surface area contributed by atoms with Gasteiger partial charge in [-0.15, -0.1) is 5.69 Å². The Hall–Kier alpha value is -0.736. The van der Waals surface area contributed by atoms with Gasteiger partial charge in [-0.3, -0.25) is 0 Å². The van der Waals surface area contributed by atoms with Crippen LogP contribution in [0, 0.1) is 19.9 Å². The van der Waals surface area contributed by atoms with E-state index < -0.39 is 0 Å². The van der Waals surface area contributed by atoms with E-state index in [4.69, 9.17) is 10.2 Å². The van der Waals surface area contributed by atoms with Crippen molar-refractivity contribution in [3.63, 3.8) is 0 Å². The fraction of sp³-hybridized carbons (Fsp3) is 0.500. The molecule has 22 heavy (non-hydrogen) atoms. The molecule has 3 nitrogen and oxygen atoms in total. The van der Waals surface area contributed by atoms with Crippen LogP contribution in [0.3, 0.4) is 0 Å². The van der Waals surface area contributed by atoms with Crippen LogP contribution in [0.25, 0.3) is 0 Å². The summed E-state index contributed by atoms with van der Waals surface area (Å²) >= 11 is 0. The van der Waals surface area contributed by atoms with Gasteiger partial charge in [0.25, 0.3) is 0 Å². The maximum Gasteiger partial charge on any atom is 2.00 e. The van der Waals surface area contributed by atoms with Gasteiger partial charge >= 0.3 is 21.7 Å². The van der Waals surface area contributed by atoms with E-state index >= 15 is 0 Å². The zero-order valence-corrected chi connectivity index (χ0v) is 16.2. The van der Waals surface area contributed by atoms with Crippen LogP contribution < -0.4 is 0 Å². The zero-order chi connectivity index (χ0) is 16.5. The van der Waals surface area contributed by atoms with Gasteiger partial charge in [0.2, 0.25) is 0 Å². The van der Waals surface area contributed by atoms with Crippen LogP contribution in [-0.2, 0) is 28.1 Å². The molecule has 4 heteroatoms. The fourth-order valence-corrected chi connectivity index (χ4v) is 1.45. The van der Waals surface area contributed by atoms with Gasteiger partial charge in [-0.2, -0.15) is 17.7 Å². The molecule has 0 atom stereocenters. The summed E-state index contributed by atoms with van der Waals surface area (Å²) in [6, 6.07) is 13.5. The van der Waals surface area contributed by atoms with Gasteiger partial charge in [-0.1, -0.05) is 32.4 Å². The number of hydrogen-bond donors (Lipinski definition) is 3. The molecule has 0 amide bonds. The molecule has 124 valence electrons. The van der Waals surface area contributed by atoms with Crippen LogP contribution in [0.4, 0.5) is 0 Å². The average molecular weight is 341 g/mol. The van der Waals surface area contributed by atoms with Crippen molar-refractivity contribution in [2.45, 2.75) is 47.5 Å². The Bertz CT molecular complexity index is 378. The monoisotopic (exact) mass is 341 g/mol. The van der Waals surface area contributed by atoms with E-state index in [-0.39, 0.29) is 34.9 Å². The molecule has 1 aromatic heterocycles. The quantitative estimate of drug-likeness (QED) is 0.575. The van der Waals surface area contributed by atoms with E-state index in [0.29, 0.717) is 0 Å². The van der Waals surface area contributed by atoms with Crippen molar-refractivity contribution in [2.24, 2.45) is 0 Å². The molecule has 0 bridgehead atoms. The Morgan fingerprint density at radius 3 is 1.73 bits per heavy atom. The van der Waals surface area contributed by atoms with Crippen molar-refractivity contribution in [1.82, 2.24) is 4.98 Å². The molecule has 0 radical (unpaired) electrons. The number of nitrogens with one attached hydrogen (secondary N) is 1. The van der Waals surface area contributed by atoms with Gasteiger partial charge < -0.3 is 15.2 Å². The second-order valence-corrected chi connectivity index (χ2v) is 4.40. The summed E-state index contributed by atoms with van der Waals surface area (Å²) in [5, 5.41) is 15.1. The Morgan fingerprint density at radius 1 is 1.05 bits per heavy atom. The normalized spacial score (nSPS) is 8.14. The van der Waals surface area contributed by atoms with E-state index in [1.165, 1.54) is 24.1 Å². The van der Waals surface area contributed by atoms with Crippen molar-refractivity contribution < 1.29 is 31.9 Å². The third-order valence-corrected chi connectivity index (χ3v) is 2.16. The average Bonchev–Trinajstić information content (AvgIpc) is 3.05.